The van der Waals surface area contributed by atoms with Crippen LogP contribution in [0.15, 0.2) is 12.2 Å². The van der Waals surface area contributed by atoms with Crippen molar-refractivity contribution in [3.63, 3.8) is 0 Å². The largest absolute Gasteiger partial charge is 0.478 e. The van der Waals surface area contributed by atoms with Gasteiger partial charge in [-0.05, 0) is 6.42 Å². The number of nitrogens with two attached hydrogens (primary N) is 1. The first-order valence-corrected chi connectivity index (χ1v) is 10.3. The number of primary amides is 1. The number of aliphatic carboxylic acids is 2. The van der Waals surface area contributed by atoms with Gasteiger partial charge in [0.1, 0.15) is 0 Å². The highest BCUT2D eigenvalue weighted by Crippen LogP contribution is 2.13. The van der Waals surface area contributed by atoms with Gasteiger partial charge >= 0.3 is 11.9 Å². The molecule has 0 spiro atoms. The summed E-state index contributed by atoms with van der Waals surface area (Å²) in [5, 5.41) is 15.6. The van der Waals surface area contributed by atoms with E-state index in [9.17, 15) is 14.4 Å². The number of hydrogen-bond acceptors (Lipinski definition) is 3. The smallest absolute Gasteiger partial charge is 0.328 e. The monoisotopic (exact) mass is 385 g/mol. The maximum atomic E-state index is 10.5. The first-order valence-electron chi connectivity index (χ1n) is 10.3. The molecule has 0 fully saturated rings. The highest BCUT2D eigenvalue weighted by atomic mass is 16.4. The van der Waals surface area contributed by atoms with Crippen LogP contribution < -0.4 is 5.73 Å². The second kappa shape index (κ2) is 22.2. The molecule has 0 aromatic rings. The minimum Gasteiger partial charge on any atom is -0.478 e. The second-order valence-electron chi connectivity index (χ2n) is 6.82. The topological polar surface area (TPSA) is 118 Å². The molecule has 0 aliphatic rings. The van der Waals surface area contributed by atoms with E-state index < -0.39 is 11.9 Å². The Hall–Kier alpha value is -1.85. The predicted molar refractivity (Wildman–Crippen MR) is 109 cm³/mol. The molecule has 4 N–H and O–H groups in total. The SMILES string of the molecule is CCCCCCCCCCCCCCCCC(N)=O.O=C(O)C=CC(=O)O. The standard InChI is InChI=1S/C17H35NO.C4H4O4/c1-2-3-4-5-6-7-8-9-10-11-12-13-14-15-16-17(18)19;5-3(6)1-2-4(7)8/h2-16H2,1H3,(H2,18,19);1-2H,(H,5,6)(H,7,8). The van der Waals surface area contributed by atoms with E-state index >= 15 is 0 Å². The van der Waals surface area contributed by atoms with Gasteiger partial charge in [-0.1, -0.05) is 90.4 Å². The molecule has 27 heavy (non-hydrogen) atoms. The van der Waals surface area contributed by atoms with Crippen molar-refractivity contribution < 1.29 is 24.6 Å². The maximum Gasteiger partial charge on any atom is 0.328 e. The van der Waals surface area contributed by atoms with Crippen molar-refractivity contribution in [2.75, 3.05) is 0 Å². The van der Waals surface area contributed by atoms with Gasteiger partial charge < -0.3 is 15.9 Å². The molecule has 6 heteroatoms. The van der Waals surface area contributed by atoms with E-state index in [-0.39, 0.29) is 5.91 Å². The Morgan fingerprint density at radius 2 is 0.926 bits per heavy atom. The Balaban J connectivity index is 0. The van der Waals surface area contributed by atoms with Gasteiger partial charge in [0.15, 0.2) is 0 Å². The van der Waals surface area contributed by atoms with E-state index in [4.69, 9.17) is 15.9 Å². The zero-order chi connectivity index (χ0) is 20.8. The quantitative estimate of drug-likeness (QED) is 0.239. The van der Waals surface area contributed by atoms with Crippen molar-refractivity contribution in [2.45, 2.75) is 103 Å². The lowest BCUT2D eigenvalue weighted by Crippen LogP contribution is -2.09. The summed E-state index contributed by atoms with van der Waals surface area (Å²) in [4.78, 5) is 29.6. The summed E-state index contributed by atoms with van der Waals surface area (Å²) in [5.74, 6) is -2.67. The average Bonchev–Trinajstić information content (AvgIpc) is 2.60. The Kier molecular flexibility index (Phi) is 22.5. The van der Waals surface area contributed by atoms with Crippen LogP contribution in [0.5, 0.6) is 0 Å². The van der Waals surface area contributed by atoms with Crippen LogP contribution in [-0.4, -0.2) is 28.1 Å². The third-order valence-electron chi connectivity index (χ3n) is 4.15. The number of rotatable bonds is 17. The Morgan fingerprint density at radius 1 is 0.630 bits per heavy atom. The molecule has 0 bridgehead atoms. The molecule has 0 unspecified atom stereocenters. The van der Waals surface area contributed by atoms with Crippen molar-refractivity contribution in [1.29, 1.82) is 0 Å². The third-order valence-corrected chi connectivity index (χ3v) is 4.15. The van der Waals surface area contributed by atoms with Gasteiger partial charge in [0.2, 0.25) is 5.91 Å². The number of carbonyl (C=O) groups is 3. The van der Waals surface area contributed by atoms with Gasteiger partial charge in [0.25, 0.3) is 0 Å². The van der Waals surface area contributed by atoms with Crippen LogP contribution in [0.3, 0.4) is 0 Å². The van der Waals surface area contributed by atoms with Gasteiger partial charge in [0, 0.05) is 18.6 Å². The molecule has 1 amide bonds. The molecule has 0 aliphatic heterocycles. The van der Waals surface area contributed by atoms with Crippen LogP contribution in [-0.2, 0) is 14.4 Å². The van der Waals surface area contributed by atoms with E-state index in [2.05, 4.69) is 6.92 Å². The van der Waals surface area contributed by atoms with Crippen LogP contribution in [0.2, 0.25) is 0 Å². The summed E-state index contributed by atoms with van der Waals surface area (Å²) in [6.07, 6.45) is 20.5. The van der Waals surface area contributed by atoms with Crippen LogP contribution in [0.1, 0.15) is 103 Å². The zero-order valence-electron chi connectivity index (χ0n) is 17.0. The van der Waals surface area contributed by atoms with Crippen LogP contribution in [0, 0.1) is 0 Å². The normalized spacial score (nSPS) is 10.4. The van der Waals surface area contributed by atoms with Gasteiger partial charge in [-0.15, -0.1) is 0 Å². The van der Waals surface area contributed by atoms with E-state index in [1.54, 1.807) is 0 Å². The number of carboxylic acids is 2. The summed E-state index contributed by atoms with van der Waals surface area (Å²) in [6, 6.07) is 0. The van der Waals surface area contributed by atoms with E-state index in [0.29, 0.717) is 18.6 Å². The van der Waals surface area contributed by atoms with Gasteiger partial charge in [-0.2, -0.15) is 0 Å². The first-order chi connectivity index (χ1) is 12.9. The number of amides is 1. The van der Waals surface area contributed by atoms with Crippen LogP contribution in [0.25, 0.3) is 0 Å². The van der Waals surface area contributed by atoms with Gasteiger partial charge in [-0.25, -0.2) is 9.59 Å². The molecule has 0 radical (unpaired) electrons. The minimum atomic E-state index is -1.26. The second-order valence-corrected chi connectivity index (χ2v) is 6.82. The Morgan fingerprint density at radius 3 is 1.19 bits per heavy atom. The fraction of sp³-hybridized carbons (Fsp3) is 0.762. The number of unbranched alkanes of at least 4 members (excludes halogenated alkanes) is 13. The molecule has 0 saturated heterocycles. The lowest BCUT2D eigenvalue weighted by molar-refractivity contribution is -0.134. The highest BCUT2D eigenvalue weighted by Gasteiger charge is 1.96. The lowest BCUT2D eigenvalue weighted by Gasteiger charge is -2.02. The molecule has 0 aromatic heterocycles. The first kappa shape index (κ1) is 27.4. The summed E-state index contributed by atoms with van der Waals surface area (Å²) in [6.45, 7) is 2.27. The van der Waals surface area contributed by atoms with E-state index in [1.807, 2.05) is 0 Å². The van der Waals surface area contributed by atoms with Crippen molar-refractivity contribution in [1.82, 2.24) is 0 Å². The Labute approximate surface area is 164 Å². The number of carboxylic acid groups (broad SMARTS) is 2. The molecule has 6 nitrogen and oxygen atoms in total. The minimum absolute atomic E-state index is 0.154. The molecule has 0 heterocycles. The molecule has 0 atom stereocenters. The van der Waals surface area contributed by atoms with Crippen molar-refractivity contribution in [2.24, 2.45) is 5.73 Å². The number of carbonyl (C=O) groups excluding carboxylic acids is 1. The molecule has 0 rings (SSSR count). The van der Waals surface area contributed by atoms with Crippen molar-refractivity contribution in [3.8, 4) is 0 Å². The van der Waals surface area contributed by atoms with Crippen molar-refractivity contribution in [3.05, 3.63) is 12.2 Å². The van der Waals surface area contributed by atoms with Gasteiger partial charge in [-0.3, -0.25) is 4.79 Å². The highest BCUT2D eigenvalue weighted by molar-refractivity contribution is 5.89. The summed E-state index contributed by atoms with van der Waals surface area (Å²) < 4.78 is 0. The number of hydrogen-bond donors (Lipinski definition) is 3. The molecular weight excluding hydrogens is 346 g/mol. The van der Waals surface area contributed by atoms with Crippen molar-refractivity contribution >= 4 is 17.8 Å². The summed E-state index contributed by atoms with van der Waals surface area (Å²) in [5.41, 5.74) is 5.10. The molecular formula is C21H39NO5. The van der Waals surface area contributed by atoms with Gasteiger partial charge in [0.05, 0.1) is 0 Å². The molecule has 0 aromatic carbocycles. The maximum absolute atomic E-state index is 10.5. The lowest BCUT2D eigenvalue weighted by atomic mass is 10.0. The zero-order valence-corrected chi connectivity index (χ0v) is 17.0. The fourth-order valence-corrected chi connectivity index (χ4v) is 2.64. The summed E-state index contributed by atoms with van der Waals surface area (Å²) in [7, 11) is 0. The molecule has 158 valence electrons. The van der Waals surface area contributed by atoms with Crippen LogP contribution >= 0.6 is 0 Å². The predicted octanol–water partition coefficient (Wildman–Crippen LogP) is 5.05. The third kappa shape index (κ3) is 32.3. The average molecular weight is 386 g/mol. The fourth-order valence-electron chi connectivity index (χ4n) is 2.64. The molecule has 0 saturated carbocycles. The Bertz CT molecular complexity index is 391. The molecule has 0 aliphatic carbocycles. The van der Waals surface area contributed by atoms with Crippen LogP contribution in [0.4, 0.5) is 0 Å². The summed E-state index contributed by atoms with van der Waals surface area (Å²) >= 11 is 0. The van der Waals surface area contributed by atoms with E-state index in [0.717, 1.165) is 6.42 Å². The van der Waals surface area contributed by atoms with E-state index in [1.165, 1.54) is 83.5 Å².